The minimum absolute atomic E-state index is 0.495. The zero-order valence-corrected chi connectivity index (χ0v) is 10.3. The van der Waals surface area contributed by atoms with Crippen molar-refractivity contribution in [3.63, 3.8) is 0 Å². The summed E-state index contributed by atoms with van der Waals surface area (Å²) in [5.41, 5.74) is -0.495. The van der Waals surface area contributed by atoms with Gasteiger partial charge in [-0.05, 0) is 31.7 Å². The Labute approximate surface area is 89.1 Å². The summed E-state index contributed by atoms with van der Waals surface area (Å²) in [5, 5.41) is 13.6. The second kappa shape index (κ2) is 7.24. The van der Waals surface area contributed by atoms with Crippen molar-refractivity contribution in [1.29, 1.82) is 0 Å². The number of hydrogen-bond acceptors (Lipinski definition) is 2. The molecule has 2 unspecified atom stereocenters. The largest absolute Gasteiger partial charge is 0.389 e. The van der Waals surface area contributed by atoms with E-state index in [0.29, 0.717) is 5.92 Å². The maximum Gasteiger partial charge on any atom is 0.0771 e. The molecular formula is C12H27NO. The molecule has 0 aliphatic heterocycles. The molecule has 0 amide bonds. The summed E-state index contributed by atoms with van der Waals surface area (Å²) < 4.78 is 0. The van der Waals surface area contributed by atoms with E-state index in [-0.39, 0.29) is 0 Å². The molecule has 0 aromatic heterocycles. The van der Waals surface area contributed by atoms with Gasteiger partial charge in [0, 0.05) is 6.54 Å². The number of rotatable bonds is 8. The zero-order chi connectivity index (χ0) is 11.0. The Morgan fingerprint density at radius 3 is 2.36 bits per heavy atom. The molecule has 0 saturated carbocycles. The van der Waals surface area contributed by atoms with Gasteiger partial charge in [-0.3, -0.25) is 0 Å². The van der Waals surface area contributed by atoms with E-state index in [1.807, 2.05) is 0 Å². The van der Waals surface area contributed by atoms with Crippen molar-refractivity contribution in [3.05, 3.63) is 0 Å². The highest BCUT2D eigenvalue weighted by Crippen LogP contribution is 2.21. The third-order valence-corrected chi connectivity index (χ3v) is 2.96. The Kier molecular flexibility index (Phi) is 7.20. The quantitative estimate of drug-likeness (QED) is 0.592. The molecule has 14 heavy (non-hydrogen) atoms. The lowest BCUT2D eigenvalue weighted by Gasteiger charge is -2.29. The van der Waals surface area contributed by atoms with Gasteiger partial charge in [-0.1, -0.05) is 34.1 Å². The fourth-order valence-corrected chi connectivity index (χ4v) is 1.63. The van der Waals surface area contributed by atoms with Gasteiger partial charge in [-0.2, -0.15) is 0 Å². The van der Waals surface area contributed by atoms with E-state index in [1.165, 1.54) is 0 Å². The molecule has 0 aliphatic rings. The van der Waals surface area contributed by atoms with Gasteiger partial charge in [-0.25, -0.2) is 0 Å². The van der Waals surface area contributed by atoms with Gasteiger partial charge in [0.2, 0.25) is 0 Å². The van der Waals surface area contributed by atoms with Gasteiger partial charge in [-0.15, -0.1) is 0 Å². The summed E-state index contributed by atoms with van der Waals surface area (Å²) in [5.74, 6) is 0.614. The first-order valence-corrected chi connectivity index (χ1v) is 6.01. The molecule has 86 valence electrons. The molecule has 2 heteroatoms. The first-order chi connectivity index (χ1) is 6.58. The summed E-state index contributed by atoms with van der Waals surface area (Å²) in [6.07, 6.45) is 4.03. The van der Waals surface area contributed by atoms with Crippen molar-refractivity contribution in [2.24, 2.45) is 5.92 Å². The minimum Gasteiger partial charge on any atom is -0.389 e. The van der Waals surface area contributed by atoms with Gasteiger partial charge < -0.3 is 10.4 Å². The van der Waals surface area contributed by atoms with E-state index in [4.69, 9.17) is 0 Å². The first-order valence-electron chi connectivity index (χ1n) is 6.01. The molecular weight excluding hydrogens is 174 g/mol. The van der Waals surface area contributed by atoms with Crippen LogP contribution in [0.15, 0.2) is 0 Å². The van der Waals surface area contributed by atoms with E-state index in [1.54, 1.807) is 0 Å². The average molecular weight is 201 g/mol. The summed E-state index contributed by atoms with van der Waals surface area (Å²) >= 11 is 0. The monoisotopic (exact) mass is 201 g/mol. The van der Waals surface area contributed by atoms with Crippen LogP contribution in [0.5, 0.6) is 0 Å². The van der Waals surface area contributed by atoms with Crippen molar-refractivity contribution < 1.29 is 5.11 Å². The van der Waals surface area contributed by atoms with Gasteiger partial charge in [0.1, 0.15) is 0 Å². The SMILES string of the molecule is CCCNCC(O)(CC)CC(C)CC. The van der Waals surface area contributed by atoms with Crippen LogP contribution in [0.4, 0.5) is 0 Å². The molecule has 0 heterocycles. The van der Waals surface area contributed by atoms with Crippen LogP contribution < -0.4 is 5.32 Å². The Morgan fingerprint density at radius 1 is 1.29 bits per heavy atom. The molecule has 2 atom stereocenters. The summed E-state index contributed by atoms with van der Waals surface area (Å²) in [4.78, 5) is 0. The van der Waals surface area contributed by atoms with Gasteiger partial charge in [0.25, 0.3) is 0 Å². The highest BCUT2D eigenvalue weighted by atomic mass is 16.3. The predicted octanol–water partition coefficient (Wildman–Crippen LogP) is 2.56. The fourth-order valence-electron chi connectivity index (χ4n) is 1.63. The van der Waals surface area contributed by atoms with Crippen LogP contribution in [0.25, 0.3) is 0 Å². The van der Waals surface area contributed by atoms with Crippen LogP contribution in [-0.4, -0.2) is 23.8 Å². The average Bonchev–Trinajstić information content (AvgIpc) is 2.18. The summed E-state index contributed by atoms with van der Waals surface area (Å²) in [6.45, 7) is 10.3. The normalized spacial score (nSPS) is 17.8. The van der Waals surface area contributed by atoms with Crippen molar-refractivity contribution in [2.75, 3.05) is 13.1 Å². The third kappa shape index (κ3) is 5.61. The highest BCUT2D eigenvalue weighted by molar-refractivity contribution is 4.81. The van der Waals surface area contributed by atoms with E-state index in [2.05, 4.69) is 33.0 Å². The maximum atomic E-state index is 10.3. The molecule has 0 bridgehead atoms. The standard InChI is InChI=1S/C12H27NO/c1-5-8-13-10-12(14,7-3)9-11(4)6-2/h11,13-14H,5-10H2,1-4H3. The third-order valence-electron chi connectivity index (χ3n) is 2.96. The molecule has 0 spiro atoms. The molecule has 0 saturated heterocycles. The number of nitrogens with one attached hydrogen (secondary N) is 1. The molecule has 0 radical (unpaired) electrons. The smallest absolute Gasteiger partial charge is 0.0771 e. The number of hydrogen-bond donors (Lipinski definition) is 2. The Balaban J connectivity index is 3.90. The Bertz CT molecular complexity index is 138. The second-order valence-corrected chi connectivity index (χ2v) is 4.47. The lowest BCUT2D eigenvalue weighted by atomic mass is 9.88. The molecule has 2 N–H and O–H groups in total. The van der Waals surface area contributed by atoms with Crippen LogP contribution in [0, 0.1) is 5.92 Å². The molecule has 0 rings (SSSR count). The van der Waals surface area contributed by atoms with Crippen LogP contribution in [0.2, 0.25) is 0 Å². The summed E-state index contributed by atoms with van der Waals surface area (Å²) in [7, 11) is 0. The maximum absolute atomic E-state index is 10.3. The topological polar surface area (TPSA) is 32.3 Å². The highest BCUT2D eigenvalue weighted by Gasteiger charge is 2.25. The van der Waals surface area contributed by atoms with Gasteiger partial charge in [0.15, 0.2) is 0 Å². The summed E-state index contributed by atoms with van der Waals surface area (Å²) in [6, 6.07) is 0. The van der Waals surface area contributed by atoms with E-state index in [9.17, 15) is 5.11 Å². The zero-order valence-electron chi connectivity index (χ0n) is 10.3. The van der Waals surface area contributed by atoms with Gasteiger partial charge >= 0.3 is 0 Å². The van der Waals surface area contributed by atoms with Crippen LogP contribution in [0.1, 0.15) is 53.4 Å². The lowest BCUT2D eigenvalue weighted by Crippen LogP contribution is -2.41. The van der Waals surface area contributed by atoms with E-state index < -0.39 is 5.60 Å². The molecule has 0 aromatic rings. The molecule has 0 aromatic carbocycles. The van der Waals surface area contributed by atoms with Crippen LogP contribution in [0.3, 0.4) is 0 Å². The predicted molar refractivity (Wildman–Crippen MR) is 62.5 cm³/mol. The molecule has 0 fully saturated rings. The van der Waals surface area contributed by atoms with Crippen molar-refractivity contribution in [2.45, 2.75) is 59.0 Å². The molecule has 0 aliphatic carbocycles. The minimum atomic E-state index is -0.495. The van der Waals surface area contributed by atoms with Crippen LogP contribution in [-0.2, 0) is 0 Å². The molecule has 2 nitrogen and oxygen atoms in total. The fraction of sp³-hybridized carbons (Fsp3) is 1.00. The number of aliphatic hydroxyl groups is 1. The van der Waals surface area contributed by atoms with Gasteiger partial charge in [0.05, 0.1) is 5.60 Å². The van der Waals surface area contributed by atoms with Crippen LogP contribution >= 0.6 is 0 Å². The Hall–Kier alpha value is -0.0800. The van der Waals surface area contributed by atoms with Crippen molar-refractivity contribution in [1.82, 2.24) is 5.32 Å². The second-order valence-electron chi connectivity index (χ2n) is 4.47. The lowest BCUT2D eigenvalue weighted by molar-refractivity contribution is 0.0140. The Morgan fingerprint density at radius 2 is 1.93 bits per heavy atom. The first kappa shape index (κ1) is 13.9. The van der Waals surface area contributed by atoms with E-state index >= 15 is 0 Å². The van der Waals surface area contributed by atoms with E-state index in [0.717, 1.165) is 38.8 Å². The van der Waals surface area contributed by atoms with Crippen molar-refractivity contribution >= 4 is 0 Å². The van der Waals surface area contributed by atoms with Crippen molar-refractivity contribution in [3.8, 4) is 0 Å².